The van der Waals surface area contributed by atoms with Gasteiger partial charge < -0.3 is 20.1 Å². The SMILES string of the molecule is CC(c1ccc(C(=O)NCCC(=O)O)cc1)N1C(=O)C(c2cc(Cl)cc(Cl)c2)=NC12CCOC(C(C)(C)C)C2. The molecule has 0 radical (unpaired) electrons. The minimum absolute atomic E-state index is 0.0434. The van der Waals surface area contributed by atoms with Crippen LogP contribution in [-0.4, -0.2) is 58.4 Å². The molecule has 1 spiro atoms. The molecular formula is C29H33Cl2N3O5. The van der Waals surface area contributed by atoms with Crippen LogP contribution in [0.1, 0.15) is 74.5 Å². The van der Waals surface area contributed by atoms with Crippen LogP contribution >= 0.6 is 23.2 Å². The van der Waals surface area contributed by atoms with Gasteiger partial charge in [-0.15, -0.1) is 0 Å². The van der Waals surface area contributed by atoms with E-state index in [1.165, 1.54) is 0 Å². The average molecular weight is 575 g/mol. The van der Waals surface area contributed by atoms with E-state index in [1.807, 2.05) is 24.0 Å². The number of ether oxygens (including phenoxy) is 1. The summed E-state index contributed by atoms with van der Waals surface area (Å²) in [7, 11) is 0. The number of carbonyl (C=O) groups excluding carboxylic acids is 2. The molecule has 2 aliphatic rings. The Hall–Kier alpha value is -2.94. The van der Waals surface area contributed by atoms with Gasteiger partial charge in [0.05, 0.1) is 25.2 Å². The largest absolute Gasteiger partial charge is 0.481 e. The molecule has 10 heteroatoms. The van der Waals surface area contributed by atoms with E-state index < -0.39 is 11.6 Å². The molecule has 2 aromatic carbocycles. The van der Waals surface area contributed by atoms with E-state index in [2.05, 4.69) is 26.1 Å². The zero-order valence-electron chi connectivity index (χ0n) is 22.5. The van der Waals surface area contributed by atoms with Crippen LogP contribution in [0.15, 0.2) is 47.5 Å². The molecule has 3 unspecified atom stereocenters. The zero-order chi connectivity index (χ0) is 28.5. The van der Waals surface area contributed by atoms with Gasteiger partial charge in [-0.1, -0.05) is 56.1 Å². The van der Waals surface area contributed by atoms with Gasteiger partial charge in [0.2, 0.25) is 0 Å². The first-order valence-electron chi connectivity index (χ1n) is 12.9. The van der Waals surface area contributed by atoms with E-state index in [4.69, 9.17) is 38.0 Å². The Morgan fingerprint density at radius 3 is 2.41 bits per heavy atom. The fraction of sp³-hybridized carbons (Fsp3) is 0.448. The van der Waals surface area contributed by atoms with Crippen LogP contribution in [0.25, 0.3) is 0 Å². The summed E-state index contributed by atoms with van der Waals surface area (Å²) in [4.78, 5) is 44.1. The molecule has 3 atom stereocenters. The average Bonchev–Trinajstić information content (AvgIpc) is 3.13. The van der Waals surface area contributed by atoms with Gasteiger partial charge in [-0.2, -0.15) is 0 Å². The van der Waals surface area contributed by atoms with Crippen molar-refractivity contribution in [2.24, 2.45) is 10.4 Å². The number of nitrogens with zero attached hydrogens (tertiary/aromatic N) is 2. The van der Waals surface area contributed by atoms with E-state index in [0.717, 1.165) is 5.56 Å². The normalized spacial score (nSPS) is 22.1. The third kappa shape index (κ3) is 6.29. The number of amides is 2. The Morgan fingerprint density at radius 1 is 1.18 bits per heavy atom. The van der Waals surface area contributed by atoms with E-state index in [0.29, 0.717) is 46.3 Å². The molecule has 0 aromatic heterocycles. The third-order valence-electron chi connectivity index (χ3n) is 7.29. The van der Waals surface area contributed by atoms with E-state index >= 15 is 0 Å². The Bertz CT molecular complexity index is 1280. The zero-order valence-corrected chi connectivity index (χ0v) is 24.0. The van der Waals surface area contributed by atoms with Crippen molar-refractivity contribution in [3.05, 3.63) is 69.2 Å². The van der Waals surface area contributed by atoms with Crippen LogP contribution in [0, 0.1) is 5.41 Å². The molecule has 2 N–H and O–H groups in total. The number of nitrogens with one attached hydrogen (secondary N) is 1. The molecule has 2 amide bonds. The molecule has 2 aromatic rings. The second-order valence-electron chi connectivity index (χ2n) is 11.2. The van der Waals surface area contributed by atoms with Crippen molar-refractivity contribution in [3.8, 4) is 0 Å². The van der Waals surface area contributed by atoms with Crippen LogP contribution in [0.5, 0.6) is 0 Å². The molecule has 39 heavy (non-hydrogen) atoms. The molecule has 4 rings (SSSR count). The number of rotatable bonds is 7. The fourth-order valence-corrected chi connectivity index (χ4v) is 5.70. The highest BCUT2D eigenvalue weighted by Gasteiger charge is 2.53. The predicted octanol–water partition coefficient (Wildman–Crippen LogP) is 5.51. The molecule has 0 aliphatic carbocycles. The number of carbonyl (C=O) groups is 3. The van der Waals surface area contributed by atoms with Crippen molar-refractivity contribution < 1.29 is 24.2 Å². The van der Waals surface area contributed by atoms with Crippen molar-refractivity contribution in [2.45, 2.75) is 64.8 Å². The third-order valence-corrected chi connectivity index (χ3v) is 7.73. The summed E-state index contributed by atoms with van der Waals surface area (Å²) in [5.74, 6) is -1.55. The van der Waals surface area contributed by atoms with Crippen LogP contribution in [0.4, 0.5) is 0 Å². The van der Waals surface area contributed by atoms with Gasteiger partial charge in [-0.3, -0.25) is 19.4 Å². The lowest BCUT2D eigenvalue weighted by molar-refractivity contribution is -0.144. The van der Waals surface area contributed by atoms with Crippen molar-refractivity contribution >= 4 is 46.7 Å². The topological polar surface area (TPSA) is 108 Å². The summed E-state index contributed by atoms with van der Waals surface area (Å²) in [6, 6.07) is 11.6. The number of halogens is 2. The van der Waals surface area contributed by atoms with Crippen molar-refractivity contribution in [2.75, 3.05) is 13.2 Å². The minimum Gasteiger partial charge on any atom is -0.481 e. The monoisotopic (exact) mass is 573 g/mol. The summed E-state index contributed by atoms with van der Waals surface area (Å²) in [6.45, 7) is 8.80. The highest BCUT2D eigenvalue weighted by atomic mass is 35.5. The maximum Gasteiger partial charge on any atom is 0.305 e. The van der Waals surface area contributed by atoms with Gasteiger partial charge >= 0.3 is 5.97 Å². The van der Waals surface area contributed by atoms with Crippen molar-refractivity contribution in [1.29, 1.82) is 0 Å². The molecule has 2 aliphatic heterocycles. The summed E-state index contributed by atoms with van der Waals surface area (Å²) < 4.78 is 6.14. The van der Waals surface area contributed by atoms with Crippen LogP contribution in [0.2, 0.25) is 10.0 Å². The smallest absolute Gasteiger partial charge is 0.305 e. The standard InChI is InChI=1S/C29H33Cl2N3O5/c1-17(18-5-7-19(8-6-18)26(37)32-11-9-24(35)36)34-27(38)25(20-13-21(30)15-22(31)14-20)33-29(34)10-12-39-23(16-29)28(2,3)4/h5-8,13-15,17,23H,9-12,16H2,1-4H3,(H,32,37)(H,35,36). The summed E-state index contributed by atoms with van der Waals surface area (Å²) in [5.41, 5.74) is 1.16. The van der Waals surface area contributed by atoms with Crippen LogP contribution < -0.4 is 5.32 Å². The first-order valence-corrected chi connectivity index (χ1v) is 13.7. The first-order chi connectivity index (χ1) is 18.3. The molecule has 0 saturated carbocycles. The number of aliphatic carboxylic acids is 1. The molecule has 8 nitrogen and oxygen atoms in total. The Kier molecular flexibility index (Phi) is 8.40. The maximum absolute atomic E-state index is 14.1. The lowest BCUT2D eigenvalue weighted by atomic mass is 9.80. The number of carboxylic acid groups (broad SMARTS) is 1. The van der Waals surface area contributed by atoms with E-state index in [1.54, 1.807) is 30.3 Å². The summed E-state index contributed by atoms with van der Waals surface area (Å²) >= 11 is 12.5. The van der Waals surface area contributed by atoms with Gasteiger partial charge in [0, 0.05) is 40.6 Å². The molecular weight excluding hydrogens is 541 g/mol. The van der Waals surface area contributed by atoms with E-state index in [9.17, 15) is 14.4 Å². The molecule has 0 bridgehead atoms. The maximum atomic E-state index is 14.1. The molecule has 2 heterocycles. The number of hydrogen-bond acceptors (Lipinski definition) is 5. The number of hydrogen-bond donors (Lipinski definition) is 2. The molecule has 1 saturated heterocycles. The van der Waals surface area contributed by atoms with Gasteiger partial charge in [0.25, 0.3) is 11.8 Å². The highest BCUT2D eigenvalue weighted by Crippen LogP contribution is 2.46. The molecule has 208 valence electrons. The lowest BCUT2D eigenvalue weighted by Gasteiger charge is -2.47. The quantitative estimate of drug-likeness (QED) is 0.454. The fourth-order valence-electron chi connectivity index (χ4n) is 5.17. The van der Waals surface area contributed by atoms with Crippen molar-refractivity contribution in [1.82, 2.24) is 10.2 Å². The Balaban J connectivity index is 1.67. The van der Waals surface area contributed by atoms with Crippen molar-refractivity contribution in [3.63, 3.8) is 0 Å². The second-order valence-corrected chi connectivity index (χ2v) is 12.0. The van der Waals surface area contributed by atoms with Gasteiger partial charge in [-0.25, -0.2) is 0 Å². The summed E-state index contributed by atoms with van der Waals surface area (Å²) in [5, 5.41) is 12.2. The van der Waals surface area contributed by atoms with Crippen LogP contribution in [0.3, 0.4) is 0 Å². The number of benzene rings is 2. The first kappa shape index (κ1) is 29.1. The Labute approximate surface area is 238 Å². The van der Waals surface area contributed by atoms with Gasteiger partial charge in [0.1, 0.15) is 11.4 Å². The summed E-state index contributed by atoms with van der Waals surface area (Å²) in [6.07, 6.45) is 0.808. The molecule has 1 fully saturated rings. The number of carboxylic acids is 1. The highest BCUT2D eigenvalue weighted by molar-refractivity contribution is 6.47. The van der Waals surface area contributed by atoms with Gasteiger partial charge in [0.15, 0.2) is 0 Å². The lowest BCUT2D eigenvalue weighted by Crippen LogP contribution is -2.55. The second kappa shape index (κ2) is 11.3. The minimum atomic E-state index is -0.980. The predicted molar refractivity (Wildman–Crippen MR) is 150 cm³/mol. The van der Waals surface area contributed by atoms with Gasteiger partial charge in [-0.05, 0) is 48.2 Å². The van der Waals surface area contributed by atoms with Crippen LogP contribution in [-0.2, 0) is 14.3 Å². The van der Waals surface area contributed by atoms with E-state index in [-0.39, 0.29) is 42.3 Å². The number of aliphatic imine (C=N–C) groups is 1. The Morgan fingerprint density at radius 2 is 1.82 bits per heavy atom.